The van der Waals surface area contributed by atoms with Gasteiger partial charge in [-0.25, -0.2) is 23.7 Å². The minimum atomic E-state index is -0.506. The number of hydrogen-bond acceptors (Lipinski definition) is 4. The van der Waals surface area contributed by atoms with Crippen LogP contribution in [0.3, 0.4) is 0 Å². The lowest BCUT2D eigenvalue weighted by Gasteiger charge is -2.26. The molecule has 7 heteroatoms. The molecule has 10 aromatic carbocycles. The van der Waals surface area contributed by atoms with Gasteiger partial charge in [-0.3, -0.25) is 0 Å². The van der Waals surface area contributed by atoms with E-state index in [4.69, 9.17) is 15.0 Å². The van der Waals surface area contributed by atoms with Gasteiger partial charge in [0, 0.05) is 50.2 Å². The summed E-state index contributed by atoms with van der Waals surface area (Å²) in [4.78, 5) is 16.5. The Kier molecular flexibility index (Phi) is 10.8. The maximum Gasteiger partial charge on any atom is 0.164 e. The third kappa shape index (κ3) is 8.16. The van der Waals surface area contributed by atoms with Crippen LogP contribution < -0.4 is 4.90 Å². The summed E-state index contributed by atoms with van der Waals surface area (Å²) in [6.45, 7) is 0. The van der Waals surface area contributed by atoms with E-state index in [9.17, 15) is 0 Å². The normalized spacial score (nSPS) is 11.3. The Balaban J connectivity index is 0.949. The summed E-state index contributed by atoms with van der Waals surface area (Å²) in [6.07, 6.45) is 0. The molecule has 0 N–H and O–H groups in total. The van der Waals surface area contributed by atoms with Crippen LogP contribution in [0, 0.1) is 11.6 Å². The third-order valence-corrected chi connectivity index (χ3v) is 12.7. The average Bonchev–Trinajstić information content (AvgIpc) is 3.75. The van der Waals surface area contributed by atoms with Gasteiger partial charge in [-0.05, 0) is 124 Å². The standard InChI is InChI=1S/C63H41F2N5/c64-51-36-48(35-50(38-51)63-67-61(45-17-7-2-8-18-45)66-62(68-63)46-19-9-3-10-20-46)49-37-52(65)41-56(39-49)69(54-30-25-43(26-31-54)42-15-5-1-6-16-42)55-32-27-44(28-33-55)47-29-34-60-58(40-47)57-23-13-14-24-59(57)70(60)53-21-11-4-12-22-53/h1-41H. The van der Waals surface area contributed by atoms with Crippen LogP contribution in [0.5, 0.6) is 0 Å². The van der Waals surface area contributed by atoms with E-state index in [1.807, 2.05) is 114 Å². The van der Waals surface area contributed by atoms with Gasteiger partial charge in [0.05, 0.1) is 11.0 Å². The number of halogens is 2. The molecule has 0 amide bonds. The lowest BCUT2D eigenvalue weighted by atomic mass is 10.00. The van der Waals surface area contributed by atoms with E-state index >= 15 is 8.78 Å². The summed E-state index contributed by atoms with van der Waals surface area (Å²) >= 11 is 0. The summed E-state index contributed by atoms with van der Waals surface area (Å²) in [5, 5.41) is 2.34. The van der Waals surface area contributed by atoms with Crippen LogP contribution in [-0.4, -0.2) is 19.5 Å². The largest absolute Gasteiger partial charge is 0.310 e. The topological polar surface area (TPSA) is 46.8 Å². The van der Waals surface area contributed by atoms with E-state index in [2.05, 4.69) is 120 Å². The molecule has 2 aromatic heterocycles. The number of anilines is 3. The average molecular weight is 906 g/mol. The number of benzene rings is 10. The Hall–Kier alpha value is -9.33. The van der Waals surface area contributed by atoms with E-state index in [1.54, 1.807) is 0 Å². The molecule has 0 unspecified atom stereocenters. The molecule has 0 aliphatic heterocycles. The number of fused-ring (bicyclic) bond motifs is 3. The molecule has 0 fully saturated rings. The van der Waals surface area contributed by atoms with Crippen LogP contribution >= 0.6 is 0 Å². The Morgan fingerprint density at radius 3 is 1.31 bits per heavy atom. The molecule has 12 rings (SSSR count). The molecule has 2 heterocycles. The van der Waals surface area contributed by atoms with Crippen LogP contribution in [0.4, 0.5) is 25.8 Å². The highest BCUT2D eigenvalue weighted by molar-refractivity contribution is 6.10. The van der Waals surface area contributed by atoms with E-state index < -0.39 is 11.6 Å². The van der Waals surface area contributed by atoms with Crippen molar-refractivity contribution in [3.8, 4) is 73.2 Å². The van der Waals surface area contributed by atoms with Gasteiger partial charge in [0.1, 0.15) is 11.6 Å². The van der Waals surface area contributed by atoms with Crippen LogP contribution in [-0.2, 0) is 0 Å². The molecule has 12 aromatic rings. The monoisotopic (exact) mass is 905 g/mol. The van der Waals surface area contributed by atoms with Crippen LogP contribution in [0.25, 0.3) is 95.0 Å². The molecule has 70 heavy (non-hydrogen) atoms. The second-order valence-electron chi connectivity index (χ2n) is 17.2. The predicted octanol–water partition coefficient (Wildman–Crippen LogP) is 16.7. The molecular weight excluding hydrogens is 865 g/mol. The minimum Gasteiger partial charge on any atom is -0.310 e. The lowest BCUT2D eigenvalue weighted by Crippen LogP contribution is -2.10. The van der Waals surface area contributed by atoms with E-state index in [0.717, 1.165) is 66.9 Å². The zero-order valence-corrected chi connectivity index (χ0v) is 37.7. The molecule has 0 spiro atoms. The molecule has 5 nitrogen and oxygen atoms in total. The first-order valence-corrected chi connectivity index (χ1v) is 23.1. The fourth-order valence-electron chi connectivity index (χ4n) is 9.38. The summed E-state index contributed by atoms with van der Waals surface area (Å²) < 4.78 is 34.5. The number of aromatic nitrogens is 4. The van der Waals surface area contributed by atoms with E-state index in [-0.39, 0.29) is 0 Å². The number of rotatable bonds is 10. The first-order valence-electron chi connectivity index (χ1n) is 23.1. The third-order valence-electron chi connectivity index (χ3n) is 12.7. The van der Waals surface area contributed by atoms with Crippen molar-refractivity contribution in [2.75, 3.05) is 4.90 Å². The van der Waals surface area contributed by atoms with Crippen molar-refractivity contribution in [2.24, 2.45) is 0 Å². The fourth-order valence-corrected chi connectivity index (χ4v) is 9.38. The van der Waals surface area contributed by atoms with Crippen LogP contribution in [0.1, 0.15) is 0 Å². The van der Waals surface area contributed by atoms with Gasteiger partial charge in [-0.15, -0.1) is 0 Å². The second-order valence-corrected chi connectivity index (χ2v) is 17.2. The Morgan fingerprint density at radius 2 is 0.714 bits per heavy atom. The molecule has 0 bridgehead atoms. The van der Waals surface area contributed by atoms with Crippen molar-refractivity contribution in [1.29, 1.82) is 0 Å². The quantitative estimate of drug-likeness (QED) is 0.137. The van der Waals surface area contributed by atoms with Gasteiger partial charge in [0.25, 0.3) is 0 Å². The predicted molar refractivity (Wildman–Crippen MR) is 281 cm³/mol. The first kappa shape index (κ1) is 42.1. The highest BCUT2D eigenvalue weighted by Crippen LogP contribution is 2.41. The summed E-state index contributed by atoms with van der Waals surface area (Å²) in [5.41, 5.74) is 12.9. The Morgan fingerprint density at radius 1 is 0.286 bits per heavy atom. The van der Waals surface area contributed by atoms with Crippen LogP contribution in [0.2, 0.25) is 0 Å². The van der Waals surface area contributed by atoms with Crippen molar-refractivity contribution < 1.29 is 8.78 Å². The summed E-state index contributed by atoms with van der Waals surface area (Å²) in [5.74, 6) is 0.236. The number of hydrogen-bond donors (Lipinski definition) is 0. The second kappa shape index (κ2) is 18.1. The van der Waals surface area contributed by atoms with Gasteiger partial charge >= 0.3 is 0 Å². The minimum absolute atomic E-state index is 0.298. The molecule has 332 valence electrons. The fraction of sp³-hybridized carbons (Fsp3) is 0. The van der Waals surface area contributed by atoms with Gasteiger partial charge in [0.2, 0.25) is 0 Å². The Labute approximate surface area is 403 Å². The van der Waals surface area contributed by atoms with Crippen LogP contribution in [0.15, 0.2) is 249 Å². The number of nitrogens with zero attached hydrogens (tertiary/aromatic N) is 5. The maximum atomic E-state index is 16.3. The maximum absolute atomic E-state index is 16.3. The van der Waals surface area contributed by atoms with Gasteiger partial charge in [-0.2, -0.15) is 0 Å². The molecule has 0 aliphatic carbocycles. The van der Waals surface area contributed by atoms with Crippen molar-refractivity contribution in [3.63, 3.8) is 0 Å². The Bertz CT molecular complexity index is 3770. The van der Waals surface area contributed by atoms with Crippen molar-refractivity contribution in [2.45, 2.75) is 0 Å². The van der Waals surface area contributed by atoms with E-state index in [0.29, 0.717) is 39.9 Å². The molecule has 0 atom stereocenters. The molecular formula is C63H41F2N5. The summed E-state index contributed by atoms with van der Waals surface area (Å²) in [7, 11) is 0. The molecule has 0 radical (unpaired) electrons. The van der Waals surface area contributed by atoms with E-state index in [1.165, 1.54) is 29.7 Å². The number of para-hydroxylation sites is 2. The zero-order chi connectivity index (χ0) is 47.0. The zero-order valence-electron chi connectivity index (χ0n) is 37.7. The van der Waals surface area contributed by atoms with Crippen molar-refractivity contribution in [1.82, 2.24) is 19.5 Å². The highest BCUT2D eigenvalue weighted by Gasteiger charge is 2.19. The highest BCUT2D eigenvalue weighted by atomic mass is 19.1. The van der Waals surface area contributed by atoms with Crippen molar-refractivity contribution in [3.05, 3.63) is 260 Å². The van der Waals surface area contributed by atoms with Crippen molar-refractivity contribution >= 4 is 38.9 Å². The van der Waals surface area contributed by atoms with Gasteiger partial charge in [-0.1, -0.05) is 158 Å². The van der Waals surface area contributed by atoms with Gasteiger partial charge in [0.15, 0.2) is 17.5 Å². The SMILES string of the molecule is Fc1cc(-c2cc(F)cc(N(c3ccc(-c4ccccc4)cc3)c3ccc(-c4ccc5c(c4)c4ccccc4n5-c4ccccc4)cc3)c2)cc(-c2nc(-c3ccccc3)nc(-c3ccccc3)n2)c1. The first-order chi connectivity index (χ1) is 34.5. The smallest absolute Gasteiger partial charge is 0.164 e. The molecule has 0 saturated carbocycles. The van der Waals surface area contributed by atoms with Gasteiger partial charge < -0.3 is 9.47 Å². The molecule has 0 aliphatic rings. The lowest BCUT2D eigenvalue weighted by molar-refractivity contribution is 0.626. The molecule has 0 saturated heterocycles. The summed E-state index contributed by atoms with van der Waals surface area (Å²) in [6, 6.07) is 81.2.